The number of rotatable bonds is 3. The van der Waals surface area contributed by atoms with Crippen LogP contribution in [0.5, 0.6) is 11.5 Å². The van der Waals surface area contributed by atoms with Crippen LogP contribution in [-0.4, -0.2) is 18.9 Å². The topological polar surface area (TPSA) is 76.7 Å². The fourth-order valence-corrected chi connectivity index (χ4v) is 4.56. The summed E-state index contributed by atoms with van der Waals surface area (Å²) in [6.07, 6.45) is 1.27. The van der Waals surface area contributed by atoms with Crippen molar-refractivity contribution in [2.24, 2.45) is 5.41 Å². The summed E-state index contributed by atoms with van der Waals surface area (Å²) < 4.78 is 10.8. The molecule has 0 spiro atoms. The third-order valence-electron chi connectivity index (χ3n) is 6.20. The number of methoxy groups -OCH3 is 1. The van der Waals surface area contributed by atoms with E-state index in [9.17, 15) is 9.59 Å². The minimum Gasteiger partial charge on any atom is -0.493 e. The number of carbonyl (C=O) groups excluding carboxylic acids is 2. The molecule has 2 aliphatic rings. The van der Waals surface area contributed by atoms with Gasteiger partial charge in [-0.1, -0.05) is 19.9 Å². The molecule has 6 heteroatoms. The van der Waals surface area contributed by atoms with Gasteiger partial charge in [-0.2, -0.15) is 0 Å². The van der Waals surface area contributed by atoms with Crippen molar-refractivity contribution in [3.63, 3.8) is 0 Å². The van der Waals surface area contributed by atoms with Crippen LogP contribution in [0.4, 0.5) is 11.4 Å². The number of aryl methyl sites for hydroxylation is 2. The third kappa shape index (κ3) is 4.09. The van der Waals surface area contributed by atoms with Gasteiger partial charge in [0, 0.05) is 24.6 Å². The summed E-state index contributed by atoms with van der Waals surface area (Å²) in [4.78, 5) is 24.8. The van der Waals surface area contributed by atoms with E-state index in [1.165, 1.54) is 25.2 Å². The van der Waals surface area contributed by atoms with E-state index in [1.807, 2.05) is 12.1 Å². The zero-order chi connectivity index (χ0) is 23.2. The van der Waals surface area contributed by atoms with Gasteiger partial charge in [0.1, 0.15) is 0 Å². The Morgan fingerprint density at radius 1 is 1.03 bits per heavy atom. The van der Waals surface area contributed by atoms with Crippen molar-refractivity contribution in [1.29, 1.82) is 0 Å². The van der Waals surface area contributed by atoms with Crippen LogP contribution >= 0.6 is 0 Å². The molecule has 2 N–H and O–H groups in total. The molecule has 1 aliphatic carbocycles. The number of esters is 1. The molecule has 32 heavy (non-hydrogen) atoms. The molecule has 1 heterocycles. The van der Waals surface area contributed by atoms with Crippen molar-refractivity contribution < 1.29 is 19.1 Å². The normalized spacial score (nSPS) is 19.2. The summed E-state index contributed by atoms with van der Waals surface area (Å²) in [7, 11) is 1.54. The predicted molar refractivity (Wildman–Crippen MR) is 125 cm³/mol. The van der Waals surface area contributed by atoms with Gasteiger partial charge < -0.3 is 20.1 Å². The maximum Gasteiger partial charge on any atom is 0.308 e. The number of nitrogens with one attached hydrogen (secondary N) is 2. The fourth-order valence-electron chi connectivity index (χ4n) is 4.56. The monoisotopic (exact) mass is 434 g/mol. The first-order valence-electron chi connectivity index (χ1n) is 10.9. The van der Waals surface area contributed by atoms with E-state index in [2.05, 4.69) is 50.5 Å². The second-order valence-corrected chi connectivity index (χ2v) is 9.52. The molecule has 0 aromatic heterocycles. The SMILES string of the molecule is COc1cc([C@H]2Nc3cc(C)c(C)cc3NC3=C2C(=O)CC(C)(C)C3)ccc1OC(C)=O. The number of benzene rings is 2. The molecular weight excluding hydrogens is 404 g/mol. The van der Waals surface area contributed by atoms with Crippen LogP contribution in [-0.2, 0) is 9.59 Å². The summed E-state index contributed by atoms with van der Waals surface area (Å²) in [5, 5.41) is 7.18. The Kier molecular flexibility index (Phi) is 5.49. The van der Waals surface area contributed by atoms with Crippen molar-refractivity contribution in [2.75, 3.05) is 17.7 Å². The van der Waals surface area contributed by atoms with Crippen LogP contribution in [0.2, 0.25) is 0 Å². The summed E-state index contributed by atoms with van der Waals surface area (Å²) >= 11 is 0. The van der Waals surface area contributed by atoms with Gasteiger partial charge in [0.15, 0.2) is 17.3 Å². The maximum atomic E-state index is 13.4. The van der Waals surface area contributed by atoms with E-state index in [-0.39, 0.29) is 17.2 Å². The van der Waals surface area contributed by atoms with Crippen LogP contribution < -0.4 is 20.1 Å². The number of fused-ring (bicyclic) bond motifs is 1. The highest BCUT2D eigenvalue weighted by molar-refractivity contribution is 6.01. The molecule has 0 saturated carbocycles. The Morgan fingerprint density at radius 3 is 2.38 bits per heavy atom. The van der Waals surface area contributed by atoms with E-state index in [0.717, 1.165) is 34.6 Å². The van der Waals surface area contributed by atoms with Gasteiger partial charge >= 0.3 is 5.97 Å². The minimum absolute atomic E-state index is 0.116. The second-order valence-electron chi connectivity index (χ2n) is 9.52. The summed E-state index contributed by atoms with van der Waals surface area (Å²) in [5.74, 6) is 0.517. The molecule has 168 valence electrons. The molecule has 1 aliphatic heterocycles. The van der Waals surface area contributed by atoms with Crippen LogP contribution in [0.15, 0.2) is 41.6 Å². The molecule has 0 amide bonds. The number of carbonyl (C=O) groups is 2. The second kappa shape index (κ2) is 8.01. The Bertz CT molecular complexity index is 1150. The highest BCUT2D eigenvalue weighted by atomic mass is 16.6. The number of anilines is 2. The summed E-state index contributed by atoms with van der Waals surface area (Å²) in [6, 6.07) is 9.31. The minimum atomic E-state index is -0.415. The van der Waals surface area contributed by atoms with Crippen molar-refractivity contribution in [2.45, 2.75) is 53.5 Å². The zero-order valence-electron chi connectivity index (χ0n) is 19.5. The van der Waals surface area contributed by atoms with Gasteiger partial charge in [0.25, 0.3) is 0 Å². The largest absolute Gasteiger partial charge is 0.493 e. The average molecular weight is 435 g/mol. The number of ether oxygens (including phenoxy) is 2. The van der Waals surface area contributed by atoms with Gasteiger partial charge in [-0.15, -0.1) is 0 Å². The fraction of sp³-hybridized carbons (Fsp3) is 0.385. The Morgan fingerprint density at radius 2 is 1.72 bits per heavy atom. The van der Waals surface area contributed by atoms with Gasteiger partial charge in [-0.3, -0.25) is 9.59 Å². The molecule has 1 atom stereocenters. The number of hydrogen-bond acceptors (Lipinski definition) is 6. The first-order chi connectivity index (χ1) is 15.1. The molecule has 0 fully saturated rings. The molecular formula is C26H30N2O4. The van der Waals surface area contributed by atoms with Crippen molar-refractivity contribution >= 4 is 23.1 Å². The standard InChI is InChI=1S/C26H30N2O4/c1-14-9-18-19(10-15(14)2)28-25(24-20(27-18)12-26(4,5)13-21(24)30)17-7-8-22(32-16(3)29)23(11-17)31-6/h7-11,25,27-28H,12-13H2,1-6H3/t25-/m1/s1. The van der Waals surface area contributed by atoms with Crippen LogP contribution in [0.3, 0.4) is 0 Å². The molecule has 2 aromatic carbocycles. The van der Waals surface area contributed by atoms with Gasteiger partial charge in [-0.25, -0.2) is 0 Å². The Balaban J connectivity index is 1.87. The molecule has 0 saturated heterocycles. The van der Waals surface area contributed by atoms with E-state index >= 15 is 0 Å². The molecule has 2 aromatic rings. The van der Waals surface area contributed by atoms with Crippen molar-refractivity contribution in [3.8, 4) is 11.5 Å². The highest BCUT2D eigenvalue weighted by Gasteiger charge is 2.39. The van der Waals surface area contributed by atoms with E-state index < -0.39 is 5.97 Å². The van der Waals surface area contributed by atoms with Crippen LogP contribution in [0, 0.1) is 19.3 Å². The zero-order valence-corrected chi connectivity index (χ0v) is 19.5. The van der Waals surface area contributed by atoms with Gasteiger partial charge in [0.2, 0.25) is 0 Å². The summed E-state index contributed by atoms with van der Waals surface area (Å²) in [6.45, 7) is 9.77. The predicted octanol–water partition coefficient (Wildman–Crippen LogP) is 5.46. The Hall–Kier alpha value is -3.28. The molecule has 6 nitrogen and oxygen atoms in total. The molecule has 0 unspecified atom stereocenters. The average Bonchev–Trinajstić information content (AvgIpc) is 2.84. The summed E-state index contributed by atoms with van der Waals surface area (Å²) in [5.41, 5.74) is 6.73. The lowest BCUT2D eigenvalue weighted by Gasteiger charge is -2.34. The van der Waals surface area contributed by atoms with Crippen LogP contribution in [0.1, 0.15) is 56.3 Å². The number of allylic oxidation sites excluding steroid dienone is 1. The number of hydrogen-bond donors (Lipinski definition) is 2. The van der Waals surface area contributed by atoms with E-state index in [0.29, 0.717) is 17.9 Å². The lowest BCUT2D eigenvalue weighted by molar-refractivity contribution is -0.132. The molecule has 0 radical (unpaired) electrons. The van der Waals surface area contributed by atoms with Gasteiger partial charge in [-0.05, 0) is 66.6 Å². The lowest BCUT2D eigenvalue weighted by Crippen LogP contribution is -2.31. The van der Waals surface area contributed by atoms with E-state index in [4.69, 9.17) is 9.47 Å². The van der Waals surface area contributed by atoms with Gasteiger partial charge in [0.05, 0.1) is 24.5 Å². The number of ketones is 1. The molecule has 4 rings (SSSR count). The number of Topliss-reactive ketones (excluding diaryl/α,β-unsaturated/α-hetero) is 1. The quantitative estimate of drug-likeness (QED) is 0.494. The first kappa shape index (κ1) is 21.9. The smallest absolute Gasteiger partial charge is 0.308 e. The third-order valence-corrected chi connectivity index (χ3v) is 6.20. The Labute approximate surface area is 189 Å². The van der Waals surface area contributed by atoms with Crippen molar-refractivity contribution in [3.05, 3.63) is 58.3 Å². The first-order valence-corrected chi connectivity index (χ1v) is 10.9. The lowest BCUT2D eigenvalue weighted by atomic mass is 9.73. The maximum absolute atomic E-state index is 13.4. The molecule has 0 bridgehead atoms. The van der Waals surface area contributed by atoms with E-state index in [1.54, 1.807) is 6.07 Å². The van der Waals surface area contributed by atoms with Crippen molar-refractivity contribution in [1.82, 2.24) is 0 Å². The highest BCUT2D eigenvalue weighted by Crippen LogP contribution is 2.46. The van der Waals surface area contributed by atoms with Crippen LogP contribution in [0.25, 0.3) is 0 Å².